The van der Waals surface area contributed by atoms with Gasteiger partial charge in [-0.05, 0) is 44.0 Å². The molecular weight excluding hydrogens is 484 g/mol. The van der Waals surface area contributed by atoms with Gasteiger partial charge in [0.1, 0.15) is 5.75 Å². The van der Waals surface area contributed by atoms with E-state index in [4.69, 9.17) is 4.74 Å². The van der Waals surface area contributed by atoms with Crippen molar-refractivity contribution in [3.8, 4) is 5.75 Å². The first-order valence-electron chi connectivity index (χ1n) is 9.46. The Bertz CT molecular complexity index is 592. The lowest BCUT2D eigenvalue weighted by Gasteiger charge is -2.20. The number of rotatable bonds is 10. The van der Waals surface area contributed by atoms with Gasteiger partial charge in [-0.25, -0.2) is 4.99 Å². The Kier molecular flexibility index (Phi) is 10.9. The summed E-state index contributed by atoms with van der Waals surface area (Å²) < 4.78 is 41.2. The van der Waals surface area contributed by atoms with Crippen molar-refractivity contribution in [1.82, 2.24) is 15.5 Å². The average Bonchev–Trinajstić information content (AvgIpc) is 3.47. The normalized spacial score (nSPS) is 14.6. The fourth-order valence-electron chi connectivity index (χ4n) is 2.72. The minimum absolute atomic E-state index is 0. The van der Waals surface area contributed by atoms with E-state index in [1.165, 1.54) is 25.0 Å². The maximum atomic E-state index is 12.2. The van der Waals surface area contributed by atoms with Gasteiger partial charge in [-0.3, -0.25) is 4.90 Å². The van der Waals surface area contributed by atoms with Crippen molar-refractivity contribution in [2.45, 2.75) is 45.5 Å². The highest BCUT2D eigenvalue weighted by Gasteiger charge is 2.28. The molecule has 1 aliphatic carbocycles. The maximum Gasteiger partial charge on any atom is 0.422 e. The molecule has 5 nitrogen and oxygen atoms in total. The first-order chi connectivity index (χ1) is 12.9. The summed E-state index contributed by atoms with van der Waals surface area (Å²) >= 11 is 0. The number of hydrogen-bond donors (Lipinski definition) is 2. The van der Waals surface area contributed by atoms with Crippen LogP contribution in [0.15, 0.2) is 29.3 Å². The molecule has 0 saturated heterocycles. The van der Waals surface area contributed by atoms with Crippen LogP contribution in [-0.2, 0) is 6.54 Å². The number of nitrogens with zero attached hydrogens (tertiary/aromatic N) is 2. The highest BCUT2D eigenvalue weighted by Crippen LogP contribution is 2.25. The number of guanidine groups is 1. The van der Waals surface area contributed by atoms with Gasteiger partial charge in [-0.1, -0.05) is 19.1 Å². The fourth-order valence-corrected chi connectivity index (χ4v) is 2.72. The van der Waals surface area contributed by atoms with Crippen LogP contribution < -0.4 is 15.4 Å². The largest absolute Gasteiger partial charge is 0.484 e. The molecular formula is C19H30F3IN4O. The molecule has 1 saturated carbocycles. The van der Waals surface area contributed by atoms with Gasteiger partial charge in [0.05, 0.1) is 6.54 Å². The molecule has 1 aromatic carbocycles. The zero-order chi connectivity index (χ0) is 19.7. The minimum Gasteiger partial charge on any atom is -0.484 e. The summed E-state index contributed by atoms with van der Waals surface area (Å²) in [5.41, 5.74) is 0.903. The summed E-state index contributed by atoms with van der Waals surface area (Å²) in [7, 11) is 0. The highest BCUT2D eigenvalue weighted by molar-refractivity contribution is 14.0. The van der Waals surface area contributed by atoms with E-state index in [9.17, 15) is 13.2 Å². The Balaban J connectivity index is 0.00000392. The van der Waals surface area contributed by atoms with Crippen molar-refractivity contribution in [1.29, 1.82) is 0 Å². The minimum atomic E-state index is -4.33. The monoisotopic (exact) mass is 514 g/mol. The molecule has 0 spiro atoms. The summed E-state index contributed by atoms with van der Waals surface area (Å²) in [5.74, 6) is 0.937. The van der Waals surface area contributed by atoms with E-state index in [1.807, 2.05) is 6.92 Å². The van der Waals surface area contributed by atoms with Crippen LogP contribution in [0, 0.1) is 0 Å². The topological polar surface area (TPSA) is 48.9 Å². The van der Waals surface area contributed by atoms with E-state index >= 15 is 0 Å². The lowest BCUT2D eigenvalue weighted by Crippen LogP contribution is -2.42. The molecule has 1 aromatic rings. The van der Waals surface area contributed by atoms with E-state index in [1.54, 1.807) is 12.1 Å². The number of nitrogens with one attached hydrogen (secondary N) is 2. The van der Waals surface area contributed by atoms with Gasteiger partial charge in [0.2, 0.25) is 0 Å². The fraction of sp³-hybridized carbons (Fsp3) is 0.632. The van der Waals surface area contributed by atoms with Gasteiger partial charge < -0.3 is 15.4 Å². The van der Waals surface area contributed by atoms with Gasteiger partial charge >= 0.3 is 6.18 Å². The Labute approximate surface area is 182 Å². The second-order valence-electron chi connectivity index (χ2n) is 6.53. The van der Waals surface area contributed by atoms with E-state index in [0.717, 1.165) is 43.7 Å². The molecule has 0 radical (unpaired) electrons. The summed E-state index contributed by atoms with van der Waals surface area (Å²) in [6.45, 7) is 6.96. The molecule has 0 aromatic heterocycles. The number of aliphatic imine (C=N–C) groups is 1. The first-order valence-corrected chi connectivity index (χ1v) is 9.46. The second kappa shape index (κ2) is 12.4. The van der Waals surface area contributed by atoms with Crippen molar-refractivity contribution >= 4 is 29.9 Å². The Morgan fingerprint density at radius 1 is 1.18 bits per heavy atom. The quantitative estimate of drug-likeness (QED) is 0.284. The van der Waals surface area contributed by atoms with Crippen LogP contribution in [-0.4, -0.2) is 55.9 Å². The number of ether oxygens (including phenoxy) is 1. The average molecular weight is 514 g/mol. The number of alkyl halides is 3. The molecule has 0 aliphatic heterocycles. The van der Waals surface area contributed by atoms with Crippen LogP contribution in [0.25, 0.3) is 0 Å². The Morgan fingerprint density at radius 2 is 1.86 bits per heavy atom. The van der Waals surface area contributed by atoms with E-state index in [2.05, 4.69) is 27.4 Å². The maximum absolute atomic E-state index is 12.2. The molecule has 160 valence electrons. The Hall–Kier alpha value is -1.23. The SMILES string of the molecule is CCNC(=NCc1ccc(OCC(F)(F)F)cc1)NCCN(CC)C1CC1.I. The third-order valence-corrected chi connectivity index (χ3v) is 4.25. The van der Waals surface area contributed by atoms with E-state index < -0.39 is 12.8 Å². The van der Waals surface area contributed by atoms with E-state index in [-0.39, 0.29) is 29.7 Å². The van der Waals surface area contributed by atoms with Crippen LogP contribution in [0.3, 0.4) is 0 Å². The van der Waals surface area contributed by atoms with Crippen molar-refractivity contribution < 1.29 is 17.9 Å². The summed E-state index contributed by atoms with van der Waals surface area (Å²) in [5, 5.41) is 6.54. The summed E-state index contributed by atoms with van der Waals surface area (Å²) in [6.07, 6.45) is -1.74. The molecule has 2 N–H and O–H groups in total. The molecule has 0 amide bonds. The third-order valence-electron chi connectivity index (χ3n) is 4.25. The molecule has 2 rings (SSSR count). The zero-order valence-electron chi connectivity index (χ0n) is 16.4. The van der Waals surface area contributed by atoms with Crippen LogP contribution in [0.5, 0.6) is 5.75 Å². The molecule has 1 aliphatic rings. The van der Waals surface area contributed by atoms with Gasteiger partial charge in [0.25, 0.3) is 0 Å². The number of benzene rings is 1. The van der Waals surface area contributed by atoms with Gasteiger partial charge in [-0.2, -0.15) is 13.2 Å². The van der Waals surface area contributed by atoms with Crippen molar-refractivity contribution in [2.75, 3.05) is 32.8 Å². The standard InChI is InChI=1S/C19H29F3N4O.HI/c1-3-23-18(24-11-12-26(4-2)16-7-8-16)25-13-15-5-9-17(10-6-15)27-14-19(20,21)22;/h5-6,9-10,16H,3-4,7-8,11-14H2,1-2H3,(H2,23,24,25);1H. The van der Waals surface area contributed by atoms with Crippen LogP contribution in [0.2, 0.25) is 0 Å². The van der Waals surface area contributed by atoms with Gasteiger partial charge in [-0.15, -0.1) is 24.0 Å². The van der Waals surface area contributed by atoms with Crippen LogP contribution >= 0.6 is 24.0 Å². The summed E-state index contributed by atoms with van der Waals surface area (Å²) in [6, 6.07) is 7.27. The number of halogens is 4. The Morgan fingerprint density at radius 3 is 2.39 bits per heavy atom. The van der Waals surface area contributed by atoms with E-state index in [0.29, 0.717) is 6.54 Å². The van der Waals surface area contributed by atoms with Gasteiger partial charge in [0, 0.05) is 25.7 Å². The molecule has 0 atom stereocenters. The molecule has 0 unspecified atom stereocenters. The second-order valence-corrected chi connectivity index (χ2v) is 6.53. The van der Waals surface area contributed by atoms with Crippen LogP contribution in [0.1, 0.15) is 32.3 Å². The molecule has 28 heavy (non-hydrogen) atoms. The molecule has 1 fully saturated rings. The van der Waals surface area contributed by atoms with Crippen molar-refractivity contribution in [3.63, 3.8) is 0 Å². The highest BCUT2D eigenvalue weighted by atomic mass is 127. The third kappa shape index (κ3) is 9.81. The summed E-state index contributed by atoms with van der Waals surface area (Å²) in [4.78, 5) is 7.01. The zero-order valence-corrected chi connectivity index (χ0v) is 18.7. The van der Waals surface area contributed by atoms with Crippen molar-refractivity contribution in [2.24, 2.45) is 4.99 Å². The number of likely N-dealkylation sites (N-methyl/N-ethyl adjacent to an activating group) is 1. The molecule has 0 bridgehead atoms. The lowest BCUT2D eigenvalue weighted by atomic mass is 10.2. The molecule has 0 heterocycles. The predicted molar refractivity (Wildman–Crippen MR) is 116 cm³/mol. The smallest absolute Gasteiger partial charge is 0.422 e. The lowest BCUT2D eigenvalue weighted by molar-refractivity contribution is -0.153. The van der Waals surface area contributed by atoms with Crippen molar-refractivity contribution in [3.05, 3.63) is 29.8 Å². The van der Waals surface area contributed by atoms with Crippen LogP contribution in [0.4, 0.5) is 13.2 Å². The first kappa shape index (κ1) is 24.8. The number of hydrogen-bond acceptors (Lipinski definition) is 3. The molecule has 9 heteroatoms. The predicted octanol–water partition coefficient (Wildman–Crippen LogP) is 3.79. The van der Waals surface area contributed by atoms with Gasteiger partial charge in [0.15, 0.2) is 12.6 Å².